The fourth-order valence-electron chi connectivity index (χ4n) is 2.37. The molecule has 1 saturated heterocycles. The number of aromatic nitrogens is 2. The minimum atomic E-state index is -1.17. The van der Waals surface area contributed by atoms with Crippen molar-refractivity contribution in [2.24, 2.45) is 0 Å². The summed E-state index contributed by atoms with van der Waals surface area (Å²) in [4.78, 5) is 37.3. The highest BCUT2D eigenvalue weighted by atomic mass is 32.2. The van der Waals surface area contributed by atoms with Gasteiger partial charge >= 0.3 is 5.69 Å². The van der Waals surface area contributed by atoms with E-state index in [1.54, 1.807) is 30.3 Å². The maximum Gasteiger partial charge on any atom is 0.331 e. The molecule has 0 aliphatic carbocycles. The second-order valence-corrected chi connectivity index (χ2v) is 6.29. The number of nitrogens with one attached hydrogen (secondary N) is 1. The lowest BCUT2D eigenvalue weighted by atomic mass is 10.2. The molecule has 7 nitrogen and oxygen atoms in total. The molecule has 1 fully saturated rings. The lowest BCUT2D eigenvalue weighted by molar-refractivity contribution is 0.00624. The molecule has 3 atom stereocenters. The van der Waals surface area contributed by atoms with Gasteiger partial charge in [0.1, 0.15) is 17.1 Å². The summed E-state index contributed by atoms with van der Waals surface area (Å²) in [6.07, 6.45) is -0.990. The number of nitrogens with zero attached hydrogens (tertiary/aromatic N) is 1. The smallest absolute Gasteiger partial charge is 0.331 e. The van der Waals surface area contributed by atoms with E-state index in [9.17, 15) is 19.5 Å². The third-order valence-electron chi connectivity index (χ3n) is 3.56. The molecule has 8 heteroatoms. The van der Waals surface area contributed by atoms with Crippen LogP contribution in [0.1, 0.15) is 16.6 Å². The fourth-order valence-corrected chi connectivity index (χ4v) is 3.34. The largest absolute Gasteiger partial charge is 0.471 e. The molecule has 1 aliphatic heterocycles. The average Bonchev–Trinajstić information content (AvgIpc) is 2.84. The Hall–Kier alpha value is -2.58. The van der Waals surface area contributed by atoms with Crippen molar-refractivity contribution in [3.8, 4) is 0 Å². The maximum absolute atomic E-state index is 12.3. The number of hydrogen-bond donors (Lipinski definition) is 2. The summed E-state index contributed by atoms with van der Waals surface area (Å²) in [6, 6.07) is 9.77. The van der Waals surface area contributed by atoms with Crippen molar-refractivity contribution in [2.75, 3.05) is 0 Å². The summed E-state index contributed by atoms with van der Waals surface area (Å²) in [7, 11) is 0. The Morgan fingerprint density at radius 1 is 1.25 bits per heavy atom. The van der Waals surface area contributed by atoms with Gasteiger partial charge in [-0.3, -0.25) is 19.1 Å². The Morgan fingerprint density at radius 3 is 2.62 bits per heavy atom. The minimum Gasteiger partial charge on any atom is -0.471 e. The minimum absolute atomic E-state index is 0.194. The second kappa shape index (κ2) is 6.50. The van der Waals surface area contributed by atoms with Crippen molar-refractivity contribution in [3.63, 3.8) is 0 Å². The van der Waals surface area contributed by atoms with Crippen LogP contribution in [0.4, 0.5) is 0 Å². The second-order valence-electron chi connectivity index (χ2n) is 5.17. The number of aliphatic hydroxyl groups excluding tert-OH is 1. The molecule has 2 aromatic rings. The van der Waals surface area contributed by atoms with Crippen LogP contribution >= 0.6 is 11.8 Å². The lowest BCUT2D eigenvalue weighted by Crippen LogP contribution is -2.36. The van der Waals surface area contributed by atoms with Gasteiger partial charge in [0, 0.05) is 17.8 Å². The van der Waals surface area contributed by atoms with E-state index in [1.807, 2.05) is 0 Å². The Labute approximate surface area is 140 Å². The number of H-pyrrole nitrogens is 1. The highest BCUT2D eigenvalue weighted by molar-refractivity contribution is 8.14. The number of aliphatic hydroxyl groups is 1. The van der Waals surface area contributed by atoms with Crippen LogP contribution in [-0.2, 0) is 4.74 Å². The maximum atomic E-state index is 12.3. The molecule has 0 spiro atoms. The van der Waals surface area contributed by atoms with E-state index in [0.29, 0.717) is 5.56 Å². The molecule has 124 valence electrons. The van der Waals surface area contributed by atoms with Gasteiger partial charge in [0.2, 0.25) is 11.3 Å². The number of aromatic amines is 1. The van der Waals surface area contributed by atoms with Crippen LogP contribution in [0.3, 0.4) is 0 Å². The molecule has 0 amide bonds. The summed E-state index contributed by atoms with van der Waals surface area (Å²) in [5.74, 6) is 0.194. The first-order valence-corrected chi connectivity index (χ1v) is 7.96. The molecule has 0 bridgehead atoms. The predicted molar refractivity (Wildman–Crippen MR) is 88.7 cm³/mol. The van der Waals surface area contributed by atoms with Crippen molar-refractivity contribution in [2.45, 2.75) is 17.6 Å². The molecule has 2 heterocycles. The van der Waals surface area contributed by atoms with Gasteiger partial charge < -0.3 is 9.84 Å². The van der Waals surface area contributed by atoms with Crippen LogP contribution < -0.4 is 11.2 Å². The molecule has 0 saturated carbocycles. The number of ether oxygens (including phenoxy) is 1. The molecule has 1 aromatic carbocycles. The van der Waals surface area contributed by atoms with E-state index in [4.69, 9.17) is 4.74 Å². The zero-order valence-corrected chi connectivity index (χ0v) is 13.2. The number of carbonyl (C=O) groups excluding carboxylic acids is 1. The van der Waals surface area contributed by atoms with Crippen LogP contribution in [0.5, 0.6) is 0 Å². The standard InChI is InChI=1S/C16H14N2O5S/c1-9-13(24-15(21)10-5-3-2-4-6-10)12(20)14(23-9)18-8-7-11(19)17-16(18)22/h2-8,12-14,20H,1H2,(H,17,19,22)/t12-,13+,14+/m0/s1. The number of rotatable bonds is 3. The van der Waals surface area contributed by atoms with E-state index in [2.05, 4.69) is 11.6 Å². The quantitative estimate of drug-likeness (QED) is 0.856. The van der Waals surface area contributed by atoms with Gasteiger partial charge in [-0.25, -0.2) is 4.79 Å². The molecule has 0 unspecified atom stereocenters. The average molecular weight is 346 g/mol. The Morgan fingerprint density at radius 2 is 1.96 bits per heavy atom. The molecule has 2 N–H and O–H groups in total. The van der Waals surface area contributed by atoms with Gasteiger partial charge in [-0.15, -0.1) is 0 Å². The van der Waals surface area contributed by atoms with Crippen LogP contribution in [0.25, 0.3) is 0 Å². The lowest BCUT2D eigenvalue weighted by Gasteiger charge is -2.17. The van der Waals surface area contributed by atoms with E-state index in [0.717, 1.165) is 22.4 Å². The Balaban J connectivity index is 1.81. The zero-order chi connectivity index (χ0) is 17.3. The fraction of sp³-hybridized carbons (Fsp3) is 0.188. The molecular weight excluding hydrogens is 332 g/mol. The van der Waals surface area contributed by atoms with E-state index in [1.165, 1.54) is 6.20 Å². The Bertz CT molecular complexity index is 889. The van der Waals surface area contributed by atoms with Gasteiger partial charge in [-0.2, -0.15) is 0 Å². The van der Waals surface area contributed by atoms with Gasteiger partial charge in [0.15, 0.2) is 0 Å². The van der Waals surface area contributed by atoms with Crippen LogP contribution in [-0.4, -0.2) is 31.1 Å². The van der Waals surface area contributed by atoms with Crippen molar-refractivity contribution >= 4 is 16.9 Å². The first-order chi connectivity index (χ1) is 11.5. The molecule has 3 rings (SSSR count). The zero-order valence-electron chi connectivity index (χ0n) is 12.4. The highest BCUT2D eigenvalue weighted by Crippen LogP contribution is 2.38. The van der Waals surface area contributed by atoms with Gasteiger partial charge in [0.25, 0.3) is 5.56 Å². The first-order valence-electron chi connectivity index (χ1n) is 7.08. The molecule has 1 aromatic heterocycles. The van der Waals surface area contributed by atoms with E-state index >= 15 is 0 Å². The van der Waals surface area contributed by atoms with Crippen molar-refractivity contribution in [1.82, 2.24) is 9.55 Å². The van der Waals surface area contributed by atoms with Gasteiger partial charge in [-0.1, -0.05) is 48.7 Å². The summed E-state index contributed by atoms with van der Waals surface area (Å²) >= 11 is 0.883. The summed E-state index contributed by atoms with van der Waals surface area (Å²) < 4.78 is 6.51. The van der Waals surface area contributed by atoms with Crippen LogP contribution in [0.15, 0.2) is 64.5 Å². The summed E-state index contributed by atoms with van der Waals surface area (Å²) in [5, 5.41) is 9.49. The first kappa shape index (κ1) is 16.3. The van der Waals surface area contributed by atoms with Crippen LogP contribution in [0, 0.1) is 0 Å². The van der Waals surface area contributed by atoms with Gasteiger partial charge in [-0.05, 0) is 0 Å². The normalized spacial score (nSPS) is 23.0. The monoisotopic (exact) mass is 346 g/mol. The summed E-state index contributed by atoms with van der Waals surface area (Å²) in [6.45, 7) is 3.71. The SMILES string of the molecule is C=C1O[C@@H](n2ccc(=O)[nH]c2=O)[C@@H](O)[C@@H]1SC(=O)c1ccccc1. The van der Waals surface area contributed by atoms with Crippen LogP contribution in [0.2, 0.25) is 0 Å². The number of hydrogen-bond acceptors (Lipinski definition) is 6. The third kappa shape index (κ3) is 3.06. The molecule has 24 heavy (non-hydrogen) atoms. The van der Waals surface area contributed by atoms with Crippen molar-refractivity contribution in [1.29, 1.82) is 0 Å². The topological polar surface area (TPSA) is 101 Å². The third-order valence-corrected chi connectivity index (χ3v) is 4.81. The van der Waals surface area contributed by atoms with E-state index < -0.39 is 28.8 Å². The van der Waals surface area contributed by atoms with Gasteiger partial charge in [0.05, 0.1) is 0 Å². The van der Waals surface area contributed by atoms with E-state index in [-0.39, 0.29) is 10.9 Å². The highest BCUT2D eigenvalue weighted by Gasteiger charge is 2.43. The Kier molecular flexibility index (Phi) is 4.41. The molecule has 1 aliphatic rings. The van der Waals surface area contributed by atoms with Crippen molar-refractivity contribution < 1.29 is 14.6 Å². The number of benzene rings is 1. The number of carbonyl (C=O) groups is 1. The summed E-state index contributed by atoms with van der Waals surface area (Å²) in [5.41, 5.74) is -0.765. The van der Waals surface area contributed by atoms with Crippen molar-refractivity contribution in [3.05, 3.63) is 81.3 Å². The number of thioether (sulfide) groups is 1. The predicted octanol–water partition coefficient (Wildman–Crippen LogP) is 0.882. The molecular formula is C16H14N2O5S. The molecule has 0 radical (unpaired) electrons.